The Balaban J connectivity index is 4.39. The van der Waals surface area contributed by atoms with Gasteiger partial charge in [-0.15, -0.1) is 0 Å². The summed E-state index contributed by atoms with van der Waals surface area (Å²) in [6, 6.07) is 0. The minimum atomic E-state index is -1.50. The third-order valence-electron chi connectivity index (χ3n) is 9.36. The van der Waals surface area contributed by atoms with Crippen LogP contribution in [-0.4, -0.2) is 87.4 Å². The minimum absolute atomic E-state index is 0.174. The standard InChI is InChI=1S/C42H81NO8/c1-6-8-10-12-14-16-17-18-19-20-21-22-23-25-27-29-31-33-40(45)51-38(37-50-42(41(46)47)48-35-34-43(3,4)5)36-49-39(44)32-30-28-26-24-15-13-11-9-7-2/h38,42H,6-37H2,1-5H3/p+1. The van der Waals surface area contributed by atoms with Crippen molar-refractivity contribution < 1.29 is 42.9 Å². The van der Waals surface area contributed by atoms with E-state index in [1.54, 1.807) is 0 Å². The van der Waals surface area contributed by atoms with Crippen molar-refractivity contribution in [3.05, 3.63) is 0 Å². The van der Waals surface area contributed by atoms with Gasteiger partial charge in [0.25, 0.3) is 6.29 Å². The van der Waals surface area contributed by atoms with Crippen molar-refractivity contribution >= 4 is 17.9 Å². The van der Waals surface area contributed by atoms with Gasteiger partial charge < -0.3 is 28.5 Å². The number of carboxylic acid groups (broad SMARTS) is 1. The fourth-order valence-corrected chi connectivity index (χ4v) is 6.01. The van der Waals surface area contributed by atoms with Gasteiger partial charge in [-0.1, -0.05) is 168 Å². The van der Waals surface area contributed by atoms with Crippen molar-refractivity contribution in [2.75, 3.05) is 47.5 Å². The zero-order chi connectivity index (χ0) is 37.8. The Hall–Kier alpha value is -1.71. The summed E-state index contributed by atoms with van der Waals surface area (Å²) >= 11 is 0. The lowest BCUT2D eigenvalue weighted by Crippen LogP contribution is -2.40. The Labute approximate surface area is 313 Å². The maximum atomic E-state index is 12.7. The molecule has 0 aliphatic heterocycles. The molecule has 0 aromatic heterocycles. The molecule has 0 amide bonds. The molecule has 0 saturated heterocycles. The van der Waals surface area contributed by atoms with E-state index >= 15 is 0 Å². The third kappa shape index (κ3) is 36.4. The zero-order valence-electron chi connectivity index (χ0n) is 34.0. The summed E-state index contributed by atoms with van der Waals surface area (Å²) in [5.41, 5.74) is 0. The van der Waals surface area contributed by atoms with Gasteiger partial charge in [0.1, 0.15) is 13.2 Å². The minimum Gasteiger partial charge on any atom is -0.477 e. The second-order valence-corrected chi connectivity index (χ2v) is 15.7. The number of esters is 2. The topological polar surface area (TPSA) is 108 Å². The van der Waals surface area contributed by atoms with Crippen LogP contribution in [0.5, 0.6) is 0 Å². The van der Waals surface area contributed by atoms with Crippen LogP contribution in [0.25, 0.3) is 0 Å². The van der Waals surface area contributed by atoms with E-state index in [0.717, 1.165) is 38.5 Å². The number of nitrogens with zero attached hydrogens (tertiary/aromatic N) is 1. The maximum absolute atomic E-state index is 12.7. The Bertz CT molecular complexity index is 815. The molecule has 0 aliphatic carbocycles. The van der Waals surface area contributed by atoms with Crippen LogP contribution in [0.2, 0.25) is 0 Å². The van der Waals surface area contributed by atoms with E-state index in [4.69, 9.17) is 18.9 Å². The number of likely N-dealkylation sites (N-methyl/N-ethyl adjacent to an activating group) is 1. The third-order valence-corrected chi connectivity index (χ3v) is 9.36. The highest BCUT2D eigenvalue weighted by Gasteiger charge is 2.25. The monoisotopic (exact) mass is 729 g/mol. The molecule has 0 aliphatic rings. The summed E-state index contributed by atoms with van der Waals surface area (Å²) < 4.78 is 22.7. The van der Waals surface area contributed by atoms with Crippen LogP contribution in [0.4, 0.5) is 0 Å². The summed E-state index contributed by atoms with van der Waals surface area (Å²) in [7, 11) is 5.95. The number of carbonyl (C=O) groups is 3. The molecule has 0 rings (SSSR count). The number of aliphatic carboxylic acids is 1. The summed E-state index contributed by atoms with van der Waals surface area (Å²) in [5, 5.41) is 9.60. The SMILES string of the molecule is CCCCCCCCCCCCCCCCCCCC(=O)OC(COC(=O)CCCCCCCCCCC)COC(OCC[N+](C)(C)C)C(=O)O. The highest BCUT2D eigenvalue weighted by molar-refractivity contribution is 5.71. The van der Waals surface area contributed by atoms with Gasteiger partial charge in [-0.3, -0.25) is 9.59 Å². The lowest BCUT2D eigenvalue weighted by molar-refractivity contribution is -0.870. The van der Waals surface area contributed by atoms with E-state index in [1.807, 2.05) is 21.1 Å². The van der Waals surface area contributed by atoms with Crippen molar-refractivity contribution in [2.24, 2.45) is 0 Å². The number of hydrogen-bond acceptors (Lipinski definition) is 7. The zero-order valence-corrected chi connectivity index (χ0v) is 34.0. The molecule has 0 radical (unpaired) electrons. The molecule has 2 atom stereocenters. The first-order chi connectivity index (χ1) is 24.6. The maximum Gasteiger partial charge on any atom is 0.361 e. The fourth-order valence-electron chi connectivity index (χ4n) is 6.01. The van der Waals surface area contributed by atoms with Gasteiger partial charge in [0.15, 0.2) is 6.10 Å². The number of carboxylic acids is 1. The molecule has 302 valence electrons. The molecule has 0 aromatic carbocycles. The van der Waals surface area contributed by atoms with Gasteiger partial charge in [-0.05, 0) is 12.8 Å². The molecule has 9 nitrogen and oxygen atoms in total. The first kappa shape index (κ1) is 49.3. The van der Waals surface area contributed by atoms with E-state index in [1.165, 1.54) is 128 Å². The van der Waals surface area contributed by atoms with Gasteiger partial charge in [-0.2, -0.15) is 0 Å². The van der Waals surface area contributed by atoms with Gasteiger partial charge in [-0.25, -0.2) is 4.79 Å². The number of carbonyl (C=O) groups excluding carboxylic acids is 2. The number of quaternary nitrogens is 1. The van der Waals surface area contributed by atoms with E-state index in [0.29, 0.717) is 17.4 Å². The molecule has 2 unspecified atom stereocenters. The first-order valence-electron chi connectivity index (χ1n) is 21.2. The quantitative estimate of drug-likeness (QED) is 0.0288. The van der Waals surface area contributed by atoms with Crippen molar-refractivity contribution in [3.63, 3.8) is 0 Å². The van der Waals surface area contributed by atoms with Gasteiger partial charge in [0.05, 0.1) is 34.4 Å². The van der Waals surface area contributed by atoms with Crippen molar-refractivity contribution in [1.82, 2.24) is 0 Å². The highest BCUT2D eigenvalue weighted by atomic mass is 16.7. The molecule has 0 aromatic rings. The molecule has 9 heteroatoms. The highest BCUT2D eigenvalue weighted by Crippen LogP contribution is 2.15. The van der Waals surface area contributed by atoms with Crippen LogP contribution in [0.15, 0.2) is 0 Å². The van der Waals surface area contributed by atoms with Crippen LogP contribution >= 0.6 is 0 Å². The van der Waals surface area contributed by atoms with Crippen LogP contribution in [-0.2, 0) is 33.3 Å². The Kier molecular flexibility index (Phi) is 34.1. The van der Waals surface area contributed by atoms with Crippen LogP contribution in [0, 0.1) is 0 Å². The van der Waals surface area contributed by atoms with E-state index in [2.05, 4.69) is 13.8 Å². The molecular weight excluding hydrogens is 646 g/mol. The van der Waals surface area contributed by atoms with Crippen LogP contribution in [0.3, 0.4) is 0 Å². The van der Waals surface area contributed by atoms with E-state index in [-0.39, 0.29) is 32.2 Å². The number of unbranched alkanes of at least 4 members (excludes halogenated alkanes) is 24. The molecule has 0 spiro atoms. The second-order valence-electron chi connectivity index (χ2n) is 15.7. The summed E-state index contributed by atoms with van der Waals surface area (Å²) in [4.78, 5) is 36.9. The van der Waals surface area contributed by atoms with Gasteiger partial charge in [0.2, 0.25) is 0 Å². The Morgan fingerprint density at radius 3 is 1.25 bits per heavy atom. The molecule has 0 saturated carbocycles. The lowest BCUT2D eigenvalue weighted by Gasteiger charge is -2.25. The number of ether oxygens (including phenoxy) is 4. The molecule has 0 fully saturated rings. The predicted molar refractivity (Wildman–Crippen MR) is 208 cm³/mol. The number of rotatable bonds is 39. The normalized spacial score (nSPS) is 12.9. The largest absolute Gasteiger partial charge is 0.477 e. The second kappa shape index (κ2) is 35.3. The first-order valence-corrected chi connectivity index (χ1v) is 21.2. The van der Waals surface area contributed by atoms with Crippen LogP contribution in [0.1, 0.15) is 194 Å². The van der Waals surface area contributed by atoms with E-state index in [9.17, 15) is 19.5 Å². The summed E-state index contributed by atoms with van der Waals surface area (Å²) in [6.45, 7) is 4.87. The van der Waals surface area contributed by atoms with Crippen molar-refractivity contribution in [3.8, 4) is 0 Å². The molecule has 1 N–H and O–H groups in total. The Morgan fingerprint density at radius 1 is 0.510 bits per heavy atom. The average molecular weight is 729 g/mol. The summed E-state index contributed by atoms with van der Waals surface area (Å²) in [6.07, 6.45) is 30.2. The molecular formula is C42H82NO8+. The smallest absolute Gasteiger partial charge is 0.361 e. The van der Waals surface area contributed by atoms with Crippen molar-refractivity contribution in [1.29, 1.82) is 0 Å². The summed E-state index contributed by atoms with van der Waals surface area (Å²) in [5.74, 6) is -1.99. The Morgan fingerprint density at radius 2 is 0.882 bits per heavy atom. The van der Waals surface area contributed by atoms with Crippen molar-refractivity contribution in [2.45, 2.75) is 206 Å². The van der Waals surface area contributed by atoms with Gasteiger partial charge in [0, 0.05) is 12.8 Å². The predicted octanol–water partition coefficient (Wildman–Crippen LogP) is 10.6. The molecule has 0 heterocycles. The van der Waals surface area contributed by atoms with Gasteiger partial charge >= 0.3 is 17.9 Å². The lowest BCUT2D eigenvalue weighted by atomic mass is 10.0. The molecule has 51 heavy (non-hydrogen) atoms. The average Bonchev–Trinajstić information content (AvgIpc) is 3.08. The van der Waals surface area contributed by atoms with E-state index < -0.39 is 24.3 Å². The molecule has 0 bridgehead atoms. The fraction of sp³-hybridized carbons (Fsp3) is 0.929. The number of hydrogen-bond donors (Lipinski definition) is 1. The van der Waals surface area contributed by atoms with Crippen LogP contribution < -0.4 is 0 Å².